The number of nitrogens with zero attached hydrogens (tertiary/aromatic N) is 2. The molecule has 0 unspecified atom stereocenters. The summed E-state index contributed by atoms with van der Waals surface area (Å²) in [6, 6.07) is 3.42. The molecule has 9 nitrogen and oxygen atoms in total. The highest BCUT2D eigenvalue weighted by atomic mass is 32.1. The fourth-order valence-corrected chi connectivity index (χ4v) is 4.20. The number of carbonyl (C=O) groups excluding carboxylic acids is 3. The van der Waals surface area contributed by atoms with Crippen LogP contribution in [0, 0.1) is 0 Å². The number of anilines is 1. The standard InChI is InChI=1S/C21H28N4O5S/c1-29-11-9-25(20(28)17-8-5-10-30-17)13-19(27)24-21-23-16(14-31-21)12-18(26)22-15-6-3-2-4-7-15/h5,8,10,14-15H,2-4,6-7,9,11-13H2,1H3,(H,22,26)(H,23,24,27). The van der Waals surface area contributed by atoms with Crippen molar-refractivity contribution in [2.75, 3.05) is 32.1 Å². The molecule has 3 rings (SSSR count). The van der Waals surface area contributed by atoms with Crippen molar-refractivity contribution in [2.45, 2.75) is 44.6 Å². The second-order valence-corrected chi connectivity index (χ2v) is 8.33. The Morgan fingerprint density at radius 3 is 2.77 bits per heavy atom. The molecular formula is C21H28N4O5S. The Morgan fingerprint density at radius 2 is 2.06 bits per heavy atom. The monoisotopic (exact) mass is 448 g/mol. The molecule has 1 aliphatic rings. The summed E-state index contributed by atoms with van der Waals surface area (Å²) in [5.41, 5.74) is 0.608. The summed E-state index contributed by atoms with van der Waals surface area (Å²) in [6.45, 7) is 0.366. The highest BCUT2D eigenvalue weighted by Crippen LogP contribution is 2.19. The van der Waals surface area contributed by atoms with Gasteiger partial charge in [-0.05, 0) is 25.0 Å². The predicted octanol–water partition coefficient (Wildman–Crippen LogP) is 2.45. The zero-order chi connectivity index (χ0) is 22.1. The SMILES string of the molecule is COCCN(CC(=O)Nc1nc(CC(=O)NC2CCCCC2)cs1)C(=O)c1ccco1. The van der Waals surface area contributed by atoms with Gasteiger partial charge >= 0.3 is 0 Å². The second-order valence-electron chi connectivity index (χ2n) is 7.47. The lowest BCUT2D eigenvalue weighted by atomic mass is 9.95. The maximum absolute atomic E-state index is 12.5. The van der Waals surface area contributed by atoms with Gasteiger partial charge in [0.25, 0.3) is 5.91 Å². The molecule has 3 amide bonds. The number of carbonyl (C=O) groups is 3. The van der Waals surface area contributed by atoms with Crippen LogP contribution < -0.4 is 10.6 Å². The van der Waals surface area contributed by atoms with Gasteiger partial charge in [0.2, 0.25) is 11.8 Å². The highest BCUT2D eigenvalue weighted by Gasteiger charge is 2.22. The molecule has 0 bridgehead atoms. The Labute approximate surface area is 185 Å². The number of ether oxygens (including phenoxy) is 1. The van der Waals surface area contributed by atoms with Gasteiger partial charge in [0.1, 0.15) is 6.54 Å². The summed E-state index contributed by atoms with van der Waals surface area (Å²) in [7, 11) is 1.52. The van der Waals surface area contributed by atoms with Crippen LogP contribution in [0.3, 0.4) is 0 Å². The van der Waals surface area contributed by atoms with E-state index in [1.54, 1.807) is 17.5 Å². The van der Waals surface area contributed by atoms with Crippen LogP contribution in [0.2, 0.25) is 0 Å². The summed E-state index contributed by atoms with van der Waals surface area (Å²) in [4.78, 5) is 42.9. The van der Waals surface area contributed by atoms with Gasteiger partial charge in [0.05, 0.1) is 25.0 Å². The van der Waals surface area contributed by atoms with Crippen LogP contribution in [0.25, 0.3) is 0 Å². The van der Waals surface area contributed by atoms with Crippen molar-refractivity contribution < 1.29 is 23.5 Å². The molecule has 1 aliphatic carbocycles. The van der Waals surface area contributed by atoms with E-state index in [1.807, 2.05) is 0 Å². The molecule has 1 saturated carbocycles. The summed E-state index contributed by atoms with van der Waals surface area (Å²) in [5.74, 6) is -0.672. The average Bonchev–Trinajstić information content (AvgIpc) is 3.43. The van der Waals surface area contributed by atoms with Crippen LogP contribution in [0.15, 0.2) is 28.2 Å². The molecule has 1 fully saturated rings. The van der Waals surface area contributed by atoms with E-state index in [2.05, 4.69) is 15.6 Å². The third-order valence-electron chi connectivity index (χ3n) is 5.03. The summed E-state index contributed by atoms with van der Waals surface area (Å²) >= 11 is 1.25. The van der Waals surface area contributed by atoms with E-state index in [4.69, 9.17) is 9.15 Å². The lowest BCUT2D eigenvalue weighted by Gasteiger charge is -2.22. The van der Waals surface area contributed by atoms with Gasteiger partial charge in [-0.25, -0.2) is 4.98 Å². The maximum atomic E-state index is 12.5. The molecule has 2 heterocycles. The van der Waals surface area contributed by atoms with Crippen molar-refractivity contribution in [1.82, 2.24) is 15.2 Å². The fraction of sp³-hybridized carbons (Fsp3) is 0.524. The minimum Gasteiger partial charge on any atom is -0.459 e. The Kier molecular flexibility index (Phi) is 8.60. The van der Waals surface area contributed by atoms with Gasteiger partial charge in [0, 0.05) is 25.1 Å². The first-order chi connectivity index (χ1) is 15.0. The van der Waals surface area contributed by atoms with Gasteiger partial charge in [-0.3, -0.25) is 14.4 Å². The summed E-state index contributed by atoms with van der Waals surface area (Å²) in [6.07, 6.45) is 7.19. The van der Waals surface area contributed by atoms with Crippen molar-refractivity contribution in [1.29, 1.82) is 0 Å². The zero-order valence-corrected chi connectivity index (χ0v) is 18.4. The van der Waals surface area contributed by atoms with Crippen LogP contribution in [0.1, 0.15) is 48.4 Å². The number of aromatic nitrogens is 1. The molecule has 0 radical (unpaired) electrons. The van der Waals surface area contributed by atoms with Gasteiger partial charge < -0.3 is 24.7 Å². The molecule has 0 spiro atoms. The van der Waals surface area contributed by atoms with Crippen molar-refractivity contribution in [3.05, 3.63) is 35.2 Å². The quantitative estimate of drug-likeness (QED) is 0.577. The lowest BCUT2D eigenvalue weighted by molar-refractivity contribution is -0.121. The second kappa shape index (κ2) is 11.6. The van der Waals surface area contributed by atoms with E-state index >= 15 is 0 Å². The Balaban J connectivity index is 1.50. The molecule has 0 aromatic carbocycles. The summed E-state index contributed by atoms with van der Waals surface area (Å²) < 4.78 is 10.2. The van der Waals surface area contributed by atoms with Crippen LogP contribution >= 0.6 is 11.3 Å². The summed E-state index contributed by atoms with van der Waals surface area (Å²) in [5, 5.41) is 7.91. The zero-order valence-electron chi connectivity index (χ0n) is 17.6. The van der Waals surface area contributed by atoms with E-state index in [-0.39, 0.29) is 49.7 Å². The van der Waals surface area contributed by atoms with Gasteiger partial charge in [-0.2, -0.15) is 0 Å². The predicted molar refractivity (Wildman–Crippen MR) is 116 cm³/mol. The number of methoxy groups -OCH3 is 1. The maximum Gasteiger partial charge on any atom is 0.290 e. The van der Waals surface area contributed by atoms with Crippen LogP contribution in [0.4, 0.5) is 5.13 Å². The van der Waals surface area contributed by atoms with Gasteiger partial charge in [-0.1, -0.05) is 19.3 Å². The molecule has 0 aliphatic heterocycles. The minimum absolute atomic E-state index is 0.0511. The van der Waals surface area contributed by atoms with E-state index in [0.29, 0.717) is 10.8 Å². The van der Waals surface area contributed by atoms with E-state index < -0.39 is 5.91 Å². The average molecular weight is 449 g/mol. The van der Waals surface area contributed by atoms with E-state index in [1.165, 1.54) is 36.0 Å². The molecule has 0 atom stereocenters. The molecular weight excluding hydrogens is 420 g/mol. The minimum atomic E-state index is -0.392. The van der Waals surface area contributed by atoms with Crippen molar-refractivity contribution in [2.24, 2.45) is 0 Å². The first kappa shape index (κ1) is 23.0. The molecule has 168 valence electrons. The Bertz CT molecular complexity index is 861. The van der Waals surface area contributed by atoms with Gasteiger partial charge in [0.15, 0.2) is 10.9 Å². The molecule has 31 heavy (non-hydrogen) atoms. The number of rotatable bonds is 10. The normalized spacial score (nSPS) is 14.2. The Morgan fingerprint density at radius 1 is 1.26 bits per heavy atom. The molecule has 2 N–H and O–H groups in total. The van der Waals surface area contributed by atoms with Crippen LogP contribution in [-0.2, 0) is 20.7 Å². The third-order valence-corrected chi connectivity index (χ3v) is 5.84. The molecule has 0 saturated heterocycles. The first-order valence-corrected chi connectivity index (χ1v) is 11.3. The van der Waals surface area contributed by atoms with Crippen molar-refractivity contribution in [3.63, 3.8) is 0 Å². The number of hydrogen-bond donors (Lipinski definition) is 2. The van der Waals surface area contributed by atoms with Gasteiger partial charge in [-0.15, -0.1) is 11.3 Å². The number of furan rings is 1. The smallest absolute Gasteiger partial charge is 0.290 e. The van der Waals surface area contributed by atoms with E-state index in [9.17, 15) is 14.4 Å². The van der Waals surface area contributed by atoms with Crippen molar-refractivity contribution in [3.8, 4) is 0 Å². The Hall–Kier alpha value is -2.72. The third kappa shape index (κ3) is 7.18. The number of nitrogens with one attached hydrogen (secondary N) is 2. The first-order valence-electron chi connectivity index (χ1n) is 10.4. The number of hydrogen-bond acceptors (Lipinski definition) is 7. The molecule has 2 aromatic heterocycles. The number of thiazole rings is 1. The van der Waals surface area contributed by atoms with Crippen LogP contribution in [-0.4, -0.2) is 60.5 Å². The van der Waals surface area contributed by atoms with Crippen molar-refractivity contribution >= 4 is 34.2 Å². The molecule has 10 heteroatoms. The lowest BCUT2D eigenvalue weighted by Crippen LogP contribution is -2.39. The fourth-order valence-electron chi connectivity index (χ4n) is 3.48. The highest BCUT2D eigenvalue weighted by molar-refractivity contribution is 7.13. The van der Waals surface area contributed by atoms with Crippen LogP contribution in [0.5, 0.6) is 0 Å². The molecule has 2 aromatic rings. The largest absolute Gasteiger partial charge is 0.459 e. The topological polar surface area (TPSA) is 114 Å². The number of amides is 3. The van der Waals surface area contributed by atoms with E-state index in [0.717, 1.165) is 25.7 Å².